The third kappa shape index (κ3) is 3.48. The Kier molecular flexibility index (Phi) is 5.67. The molecule has 6 rings (SSSR count). The highest BCUT2D eigenvalue weighted by Gasteiger charge is 2.73. The van der Waals surface area contributed by atoms with Gasteiger partial charge in [-0.15, -0.1) is 6.42 Å². The van der Waals surface area contributed by atoms with Crippen molar-refractivity contribution in [1.29, 1.82) is 0 Å². The van der Waals surface area contributed by atoms with Crippen LogP contribution in [0.2, 0.25) is 0 Å². The number of carbonyl (C=O) groups is 2. The number of carbonyl (C=O) groups excluding carboxylic acids is 2. The van der Waals surface area contributed by atoms with Crippen molar-refractivity contribution in [2.24, 2.45) is 21.5 Å². The molecule has 3 amide bonds. The van der Waals surface area contributed by atoms with Gasteiger partial charge in [0.1, 0.15) is 12.3 Å². The number of hydrogen-bond acceptors (Lipinski definition) is 10. The molecule has 4 aliphatic heterocycles. The minimum atomic E-state index is -2.02. The zero-order valence-electron chi connectivity index (χ0n) is 21.7. The van der Waals surface area contributed by atoms with Crippen LogP contribution in [0.3, 0.4) is 0 Å². The summed E-state index contributed by atoms with van der Waals surface area (Å²) in [6, 6.07) is 2.72. The van der Waals surface area contributed by atoms with Gasteiger partial charge in [-0.05, 0) is 42.9 Å². The van der Waals surface area contributed by atoms with Gasteiger partial charge in [-0.1, -0.05) is 18.1 Å². The maximum absolute atomic E-state index is 13.6. The summed E-state index contributed by atoms with van der Waals surface area (Å²) in [6.45, 7) is 0.156. The summed E-state index contributed by atoms with van der Waals surface area (Å²) in [4.78, 5) is 39.6. The molecule has 13 nitrogen and oxygen atoms in total. The summed E-state index contributed by atoms with van der Waals surface area (Å²) in [6.07, 6.45) is 8.78. The summed E-state index contributed by atoms with van der Waals surface area (Å²) in [5.74, 6) is 2.23. The Morgan fingerprint density at radius 1 is 1.28 bits per heavy atom. The Balaban J connectivity index is 1.34. The van der Waals surface area contributed by atoms with Crippen molar-refractivity contribution in [3.63, 3.8) is 0 Å². The Labute approximate surface area is 225 Å². The van der Waals surface area contributed by atoms with E-state index in [1.165, 1.54) is 9.80 Å². The molecule has 2 saturated heterocycles. The van der Waals surface area contributed by atoms with Crippen molar-refractivity contribution >= 4 is 23.9 Å². The number of guanidine groups is 2. The van der Waals surface area contributed by atoms with Gasteiger partial charge in [0.25, 0.3) is 5.91 Å². The zero-order valence-corrected chi connectivity index (χ0v) is 21.7. The number of nitrogens with zero attached hydrogens (tertiary/aromatic N) is 5. The van der Waals surface area contributed by atoms with Crippen molar-refractivity contribution in [1.82, 2.24) is 25.3 Å². The highest BCUT2D eigenvalue weighted by Crippen LogP contribution is 2.46. The molecule has 0 saturated carbocycles. The van der Waals surface area contributed by atoms with Crippen molar-refractivity contribution in [2.75, 3.05) is 26.7 Å². The van der Waals surface area contributed by atoms with Crippen LogP contribution in [-0.4, -0.2) is 111 Å². The van der Waals surface area contributed by atoms with Gasteiger partial charge in [0.2, 0.25) is 0 Å². The van der Waals surface area contributed by atoms with Gasteiger partial charge in [0.15, 0.2) is 23.2 Å². The number of hydrogen-bond donors (Lipinski definition) is 6. The van der Waals surface area contributed by atoms with Crippen molar-refractivity contribution < 1.29 is 19.8 Å². The van der Waals surface area contributed by atoms with Crippen LogP contribution < -0.4 is 22.1 Å². The van der Waals surface area contributed by atoms with Crippen LogP contribution in [0.15, 0.2) is 28.2 Å². The van der Waals surface area contributed by atoms with Gasteiger partial charge in [-0.25, -0.2) is 14.8 Å². The topological polar surface area (TPSA) is 185 Å². The van der Waals surface area contributed by atoms with E-state index in [0.29, 0.717) is 5.56 Å². The molecule has 39 heavy (non-hydrogen) atoms. The number of nitrogens with two attached hydrogens (primary N) is 2. The normalized spacial score (nSPS) is 34.9. The summed E-state index contributed by atoms with van der Waals surface area (Å²) in [5.41, 5.74) is 11.8. The summed E-state index contributed by atoms with van der Waals surface area (Å²) in [5, 5.41) is 28.7. The monoisotopic (exact) mass is 535 g/mol. The molecule has 1 aromatic carbocycles. The third-order valence-corrected chi connectivity index (χ3v) is 8.76. The van der Waals surface area contributed by atoms with E-state index in [4.69, 9.17) is 17.9 Å². The first-order valence-electron chi connectivity index (χ1n) is 13.1. The minimum Gasteiger partial charge on any atom is -0.372 e. The van der Waals surface area contributed by atoms with Crippen molar-refractivity contribution in [2.45, 2.75) is 61.3 Å². The van der Waals surface area contributed by atoms with Crippen LogP contribution in [-0.2, 0) is 12.8 Å². The molecule has 4 heterocycles. The minimum absolute atomic E-state index is 0.0168. The molecule has 1 aliphatic carbocycles. The molecule has 8 N–H and O–H groups in total. The van der Waals surface area contributed by atoms with Gasteiger partial charge in [-0.3, -0.25) is 9.69 Å². The first kappa shape index (κ1) is 25.3. The quantitative estimate of drug-likeness (QED) is 0.233. The molecule has 1 aromatic rings. The second-order valence-corrected chi connectivity index (χ2v) is 10.9. The fraction of sp³-hybridized carbons (Fsp3) is 0.538. The van der Waals surface area contributed by atoms with Crippen LogP contribution in [0.25, 0.3) is 0 Å². The first-order chi connectivity index (χ1) is 18.6. The molecule has 0 radical (unpaired) electrons. The molecule has 5 aliphatic rings. The maximum Gasteiger partial charge on any atom is 0.322 e. The number of terminal acetylenes is 1. The zero-order chi connectivity index (χ0) is 27.7. The molecule has 1 spiro atoms. The number of urea groups is 1. The van der Waals surface area contributed by atoms with Crippen LogP contribution >= 0.6 is 0 Å². The smallest absolute Gasteiger partial charge is 0.322 e. The van der Waals surface area contributed by atoms with E-state index < -0.39 is 35.6 Å². The van der Waals surface area contributed by atoms with E-state index in [1.807, 2.05) is 12.1 Å². The lowest BCUT2D eigenvalue weighted by atomic mass is 9.77. The predicted molar refractivity (Wildman–Crippen MR) is 142 cm³/mol. The molecular formula is C26H33N9O4. The van der Waals surface area contributed by atoms with Gasteiger partial charge < -0.3 is 42.1 Å². The molecular weight excluding hydrogens is 502 g/mol. The predicted octanol–water partition coefficient (Wildman–Crippen LogP) is -2.29. The summed E-state index contributed by atoms with van der Waals surface area (Å²) in [7, 11) is 1.59. The number of fused-ring (bicyclic) bond motifs is 1. The largest absolute Gasteiger partial charge is 0.372 e. The van der Waals surface area contributed by atoms with Gasteiger partial charge in [-0.2, -0.15) is 0 Å². The summed E-state index contributed by atoms with van der Waals surface area (Å²) < 4.78 is 0. The Hall–Kier alpha value is -4.02. The highest BCUT2D eigenvalue weighted by atomic mass is 16.3. The number of aliphatic hydroxyl groups is 2. The lowest BCUT2D eigenvalue weighted by Crippen LogP contribution is -2.78. The molecule has 206 valence electrons. The third-order valence-electron chi connectivity index (χ3n) is 8.76. The number of nitrogens with one attached hydrogen (secondary N) is 2. The van der Waals surface area contributed by atoms with E-state index in [1.54, 1.807) is 18.0 Å². The lowest BCUT2D eigenvalue weighted by molar-refractivity contribution is -0.0407. The average Bonchev–Trinajstić information content (AvgIpc) is 3.49. The number of aliphatic imine (C=N–C) groups is 2. The average molecular weight is 536 g/mol. The van der Waals surface area contributed by atoms with E-state index in [0.717, 1.165) is 36.8 Å². The van der Waals surface area contributed by atoms with E-state index in [9.17, 15) is 19.8 Å². The molecule has 2 fully saturated rings. The Morgan fingerprint density at radius 2 is 2.05 bits per heavy atom. The van der Waals surface area contributed by atoms with Gasteiger partial charge in [0, 0.05) is 25.7 Å². The van der Waals surface area contributed by atoms with E-state index in [2.05, 4.69) is 26.5 Å². The fourth-order valence-electron chi connectivity index (χ4n) is 6.87. The first-order valence-corrected chi connectivity index (χ1v) is 13.1. The van der Waals surface area contributed by atoms with Crippen LogP contribution in [0.4, 0.5) is 4.79 Å². The Morgan fingerprint density at radius 3 is 2.77 bits per heavy atom. The molecule has 6 atom stereocenters. The Bertz CT molecular complexity index is 1340. The van der Waals surface area contributed by atoms with Gasteiger partial charge >= 0.3 is 6.03 Å². The number of β-amino-alcohol motifs (C(OH)–C–C–N with tert-alkyl or cyclic N) is 1. The van der Waals surface area contributed by atoms with Crippen molar-refractivity contribution in [3.8, 4) is 12.3 Å². The fourth-order valence-corrected chi connectivity index (χ4v) is 6.87. The molecule has 0 bridgehead atoms. The number of aryl methyl sites for hydroxylation is 1. The number of likely N-dealkylation sites (N-methyl/N-ethyl adjacent to an activating group) is 1. The number of benzene rings is 1. The lowest BCUT2D eigenvalue weighted by Gasteiger charge is -2.49. The highest BCUT2D eigenvalue weighted by molar-refractivity contribution is 5.97. The molecule has 13 heteroatoms. The number of rotatable bonds is 4. The van der Waals surface area contributed by atoms with E-state index >= 15 is 0 Å². The van der Waals surface area contributed by atoms with E-state index in [-0.39, 0.29) is 43.5 Å². The summed E-state index contributed by atoms with van der Waals surface area (Å²) >= 11 is 0. The maximum atomic E-state index is 13.6. The van der Waals surface area contributed by atoms with Crippen molar-refractivity contribution in [3.05, 3.63) is 34.9 Å². The second-order valence-electron chi connectivity index (χ2n) is 10.9. The molecule has 0 aromatic heterocycles. The van der Waals surface area contributed by atoms with Gasteiger partial charge in [0.05, 0.1) is 18.6 Å². The van der Waals surface area contributed by atoms with Crippen LogP contribution in [0.5, 0.6) is 0 Å². The standard InChI is InChI=1S/C26H33N9O4/c1-3-25(39)18(30-21(37)16-10-6-8-14-7-4-5-9-15(14)16)12-35-23(28)29-17(20-26(25,35)32-22(27)31-20)11-34-19(36)13-33(2)24(34)38/h1,6,8,10,17-20,36,39H,4-5,7,9,11-13H2,2H3,(H2,28,29)(H,30,37)(H3,27,31,32)/t17-,18?,19?,20?,25+,26?/m0/s1. The number of aliphatic hydroxyl groups excluding tert-OH is 1. The molecule has 4 unspecified atom stereocenters. The van der Waals surface area contributed by atoms with Crippen LogP contribution in [0.1, 0.15) is 34.3 Å². The number of amides is 3. The van der Waals surface area contributed by atoms with Crippen LogP contribution in [0, 0.1) is 12.3 Å². The second kappa shape index (κ2) is 8.75. The SMILES string of the molecule is C#C[C@@]1(O)C(NC(=O)c2cccc3c2CCCC3)CN2C(N)=N[C@@H](CN3C(=O)N(C)CC3O)C3N=C(N)NC321.